The second-order valence-corrected chi connectivity index (χ2v) is 9.11. The van der Waals surface area contributed by atoms with E-state index in [-0.39, 0.29) is 12.2 Å². The van der Waals surface area contributed by atoms with Gasteiger partial charge in [0.15, 0.2) is 5.65 Å². The normalized spacial score (nSPS) is 16.3. The summed E-state index contributed by atoms with van der Waals surface area (Å²) in [5, 5.41) is 7.82. The highest BCUT2D eigenvalue weighted by Crippen LogP contribution is 2.36. The molecule has 1 aliphatic heterocycles. The summed E-state index contributed by atoms with van der Waals surface area (Å²) < 4.78 is 1.82. The lowest BCUT2D eigenvalue weighted by molar-refractivity contribution is 0.578. The van der Waals surface area contributed by atoms with Crippen molar-refractivity contribution in [2.24, 2.45) is 10.9 Å². The highest BCUT2D eigenvalue weighted by Gasteiger charge is 2.26. The summed E-state index contributed by atoms with van der Waals surface area (Å²) in [7, 11) is 0. The van der Waals surface area contributed by atoms with Crippen molar-refractivity contribution in [3.63, 3.8) is 0 Å². The van der Waals surface area contributed by atoms with Gasteiger partial charge in [-0.25, -0.2) is 4.52 Å². The molecule has 0 radical (unpaired) electrons. The van der Waals surface area contributed by atoms with Gasteiger partial charge in [0.05, 0.1) is 6.04 Å². The molecule has 168 valence electrons. The predicted molar refractivity (Wildman–Crippen MR) is 136 cm³/mol. The molecule has 1 N–H and O–H groups in total. The fraction of sp³-hybridized carbons (Fsp3) is 0.296. The van der Waals surface area contributed by atoms with Crippen molar-refractivity contribution in [1.82, 2.24) is 14.6 Å². The van der Waals surface area contributed by atoms with Crippen LogP contribution >= 0.6 is 0 Å². The van der Waals surface area contributed by atoms with Gasteiger partial charge in [-0.15, -0.1) is 5.10 Å². The molecule has 5 rings (SSSR count). The van der Waals surface area contributed by atoms with E-state index in [1.807, 2.05) is 16.9 Å². The number of anilines is 2. The van der Waals surface area contributed by atoms with Crippen molar-refractivity contribution in [2.45, 2.75) is 39.9 Å². The molecule has 0 fully saturated rings. The number of fused-ring (bicyclic) bond motifs is 2. The van der Waals surface area contributed by atoms with E-state index in [1.165, 1.54) is 11.3 Å². The van der Waals surface area contributed by atoms with Gasteiger partial charge in [-0.2, -0.15) is 4.98 Å². The lowest BCUT2D eigenvalue weighted by Crippen LogP contribution is -2.37. The third kappa shape index (κ3) is 4.21. The summed E-state index contributed by atoms with van der Waals surface area (Å²) in [6, 6.07) is 21.6. The molecule has 0 bridgehead atoms. The van der Waals surface area contributed by atoms with Crippen molar-refractivity contribution >= 4 is 23.5 Å². The van der Waals surface area contributed by atoms with Crippen LogP contribution in [-0.2, 0) is 0 Å². The van der Waals surface area contributed by atoms with Crippen LogP contribution in [0.2, 0.25) is 0 Å². The summed E-state index contributed by atoms with van der Waals surface area (Å²) in [6.07, 6.45) is 4.06. The molecule has 0 spiro atoms. The van der Waals surface area contributed by atoms with Crippen molar-refractivity contribution in [3.8, 4) is 11.1 Å². The number of rotatable bonds is 6. The van der Waals surface area contributed by atoms with Crippen LogP contribution in [0.25, 0.3) is 16.8 Å². The fourth-order valence-electron chi connectivity index (χ4n) is 4.39. The number of hydrogen-bond acceptors (Lipinski definition) is 5. The van der Waals surface area contributed by atoms with E-state index >= 15 is 0 Å². The van der Waals surface area contributed by atoms with Crippen molar-refractivity contribution < 1.29 is 0 Å². The molecule has 33 heavy (non-hydrogen) atoms. The van der Waals surface area contributed by atoms with Crippen LogP contribution in [-0.4, -0.2) is 33.5 Å². The molecule has 0 saturated carbocycles. The van der Waals surface area contributed by atoms with Crippen LogP contribution in [0.4, 0.5) is 11.6 Å². The maximum atomic E-state index is 4.79. The van der Waals surface area contributed by atoms with Crippen LogP contribution in [0.3, 0.4) is 0 Å². The van der Waals surface area contributed by atoms with E-state index in [1.54, 1.807) is 0 Å². The van der Waals surface area contributed by atoms with Gasteiger partial charge in [0.1, 0.15) is 6.17 Å². The molecule has 2 atom stereocenters. The molecular weight excluding hydrogens is 408 g/mol. The van der Waals surface area contributed by atoms with Gasteiger partial charge in [-0.3, -0.25) is 4.99 Å². The van der Waals surface area contributed by atoms with Gasteiger partial charge in [-0.1, -0.05) is 50.2 Å². The maximum Gasteiger partial charge on any atom is 0.243 e. The number of pyridine rings is 1. The molecule has 0 amide bonds. The minimum atomic E-state index is 0.0858. The zero-order valence-electron chi connectivity index (χ0n) is 19.6. The van der Waals surface area contributed by atoms with Gasteiger partial charge in [-0.05, 0) is 60.7 Å². The quantitative estimate of drug-likeness (QED) is 0.413. The number of nitrogens with zero attached hydrogens (tertiary/aromatic N) is 5. The third-order valence-electron chi connectivity index (χ3n) is 6.18. The Morgan fingerprint density at radius 1 is 0.970 bits per heavy atom. The smallest absolute Gasteiger partial charge is 0.243 e. The summed E-state index contributed by atoms with van der Waals surface area (Å²) in [4.78, 5) is 11.8. The number of nitrogens with one attached hydrogen (secondary N) is 1. The van der Waals surface area contributed by atoms with E-state index in [0.717, 1.165) is 28.9 Å². The standard InChI is InChI=1S/C27H30N6/c1-18(2)16-29-27-30-26-15-23(12-13-32(26)31-27)22-10-11-25-24(14-22)17-28-20(4)33(25)19(3)21-8-6-5-7-9-21/h5-15,17-20H,16H2,1-4H3,(H,29,31)/t19?,20-/m0/s1. The van der Waals surface area contributed by atoms with Crippen LogP contribution in [0.5, 0.6) is 0 Å². The highest BCUT2D eigenvalue weighted by atomic mass is 15.3. The highest BCUT2D eigenvalue weighted by molar-refractivity contribution is 5.92. The molecule has 0 aliphatic carbocycles. The molecule has 6 heteroatoms. The zero-order chi connectivity index (χ0) is 22.9. The second-order valence-electron chi connectivity index (χ2n) is 9.11. The molecule has 2 aromatic heterocycles. The Kier molecular flexibility index (Phi) is 5.58. The Morgan fingerprint density at radius 2 is 1.76 bits per heavy atom. The Labute approximate surface area is 195 Å². The largest absolute Gasteiger partial charge is 0.353 e. The van der Waals surface area contributed by atoms with E-state index < -0.39 is 0 Å². The van der Waals surface area contributed by atoms with Crippen LogP contribution < -0.4 is 10.2 Å². The third-order valence-corrected chi connectivity index (χ3v) is 6.18. The SMILES string of the molecule is CC(C)CNc1nc2cc(-c3ccc4c(c3)C=N[C@H](C)N4C(C)c3ccccc3)ccn2n1. The lowest BCUT2D eigenvalue weighted by atomic mass is 9.99. The van der Waals surface area contributed by atoms with Gasteiger partial charge >= 0.3 is 0 Å². The van der Waals surface area contributed by atoms with Crippen molar-refractivity contribution in [3.05, 3.63) is 78.0 Å². The maximum absolute atomic E-state index is 4.79. The summed E-state index contributed by atoms with van der Waals surface area (Å²) in [5.74, 6) is 1.20. The van der Waals surface area contributed by atoms with Gasteiger partial charge in [0.25, 0.3) is 0 Å². The van der Waals surface area contributed by atoms with E-state index in [9.17, 15) is 0 Å². The van der Waals surface area contributed by atoms with Crippen LogP contribution in [0, 0.1) is 5.92 Å². The Bertz CT molecular complexity index is 1290. The Balaban J connectivity index is 1.46. The topological polar surface area (TPSA) is 57.8 Å². The number of aliphatic imine (C=N–C) groups is 1. The first-order valence-electron chi connectivity index (χ1n) is 11.6. The van der Waals surface area contributed by atoms with Gasteiger partial charge in [0.2, 0.25) is 5.95 Å². The summed E-state index contributed by atoms with van der Waals surface area (Å²) in [5.41, 5.74) is 6.72. The molecular formula is C27H30N6. The lowest BCUT2D eigenvalue weighted by Gasteiger charge is -2.38. The first-order chi connectivity index (χ1) is 16.0. The fourth-order valence-corrected chi connectivity index (χ4v) is 4.39. The molecule has 6 nitrogen and oxygen atoms in total. The van der Waals surface area contributed by atoms with E-state index in [4.69, 9.17) is 4.99 Å². The number of benzene rings is 2. The van der Waals surface area contributed by atoms with Crippen molar-refractivity contribution in [1.29, 1.82) is 0 Å². The molecule has 0 saturated heterocycles. The minimum Gasteiger partial charge on any atom is -0.353 e. The first-order valence-corrected chi connectivity index (χ1v) is 11.6. The van der Waals surface area contributed by atoms with Crippen LogP contribution in [0.1, 0.15) is 44.9 Å². The average molecular weight is 439 g/mol. The average Bonchev–Trinajstić information content (AvgIpc) is 3.25. The number of aromatic nitrogens is 3. The summed E-state index contributed by atoms with van der Waals surface area (Å²) in [6.45, 7) is 9.58. The predicted octanol–water partition coefficient (Wildman–Crippen LogP) is 5.81. The monoisotopic (exact) mass is 438 g/mol. The Morgan fingerprint density at radius 3 is 2.55 bits per heavy atom. The molecule has 4 aromatic rings. The summed E-state index contributed by atoms with van der Waals surface area (Å²) >= 11 is 0. The van der Waals surface area contributed by atoms with Gasteiger partial charge in [0, 0.05) is 30.2 Å². The second kappa shape index (κ2) is 8.70. The molecule has 1 unspecified atom stereocenters. The molecule has 2 aromatic carbocycles. The number of hydrogen-bond donors (Lipinski definition) is 1. The minimum absolute atomic E-state index is 0.0858. The van der Waals surface area contributed by atoms with E-state index in [2.05, 4.69) is 109 Å². The van der Waals surface area contributed by atoms with Crippen molar-refractivity contribution in [2.75, 3.05) is 16.8 Å². The molecule has 1 aliphatic rings. The first kappa shape index (κ1) is 21.2. The molecule has 3 heterocycles. The van der Waals surface area contributed by atoms with E-state index in [0.29, 0.717) is 11.9 Å². The van der Waals surface area contributed by atoms with Crippen LogP contribution in [0.15, 0.2) is 71.9 Å². The Hall–Kier alpha value is -3.67. The zero-order valence-corrected chi connectivity index (χ0v) is 19.6. The van der Waals surface area contributed by atoms with Gasteiger partial charge < -0.3 is 10.2 Å².